The molecular weight excluding hydrogens is 240 g/mol. The largest absolute Gasteiger partial charge is 0.368 e. The molecule has 108 valence electrons. The zero-order chi connectivity index (χ0) is 13.2. The van der Waals surface area contributed by atoms with E-state index in [1.165, 1.54) is 12.8 Å². The van der Waals surface area contributed by atoms with Gasteiger partial charge in [-0.05, 0) is 44.9 Å². The molecule has 1 amide bonds. The first-order valence-corrected chi connectivity index (χ1v) is 7.96. The van der Waals surface area contributed by atoms with Crippen LogP contribution in [0.4, 0.5) is 0 Å². The Labute approximate surface area is 115 Å². The SMILES string of the molecule is CCCN(C(=O)[C@H]1CCCO1)C1CC2CCC(C1)N2. The van der Waals surface area contributed by atoms with Gasteiger partial charge in [-0.3, -0.25) is 4.79 Å². The van der Waals surface area contributed by atoms with Gasteiger partial charge in [0.2, 0.25) is 0 Å². The highest BCUT2D eigenvalue weighted by atomic mass is 16.5. The molecule has 2 unspecified atom stereocenters. The van der Waals surface area contributed by atoms with E-state index in [-0.39, 0.29) is 12.0 Å². The van der Waals surface area contributed by atoms with Crippen molar-refractivity contribution in [3.05, 3.63) is 0 Å². The number of amides is 1. The fraction of sp³-hybridized carbons (Fsp3) is 0.933. The van der Waals surface area contributed by atoms with E-state index >= 15 is 0 Å². The molecule has 3 saturated heterocycles. The van der Waals surface area contributed by atoms with Crippen molar-refractivity contribution in [1.29, 1.82) is 0 Å². The van der Waals surface area contributed by atoms with E-state index in [9.17, 15) is 4.79 Å². The van der Waals surface area contributed by atoms with E-state index in [0.717, 1.165) is 45.3 Å². The van der Waals surface area contributed by atoms with Gasteiger partial charge in [-0.15, -0.1) is 0 Å². The zero-order valence-corrected chi connectivity index (χ0v) is 11.9. The van der Waals surface area contributed by atoms with Crippen LogP contribution in [-0.4, -0.2) is 48.2 Å². The molecule has 19 heavy (non-hydrogen) atoms. The molecular formula is C15H26N2O2. The van der Waals surface area contributed by atoms with Crippen LogP contribution in [-0.2, 0) is 9.53 Å². The van der Waals surface area contributed by atoms with E-state index in [0.29, 0.717) is 18.1 Å². The van der Waals surface area contributed by atoms with Crippen LogP contribution in [0.1, 0.15) is 51.9 Å². The quantitative estimate of drug-likeness (QED) is 0.842. The lowest BCUT2D eigenvalue weighted by Crippen LogP contribution is -2.52. The molecule has 3 heterocycles. The summed E-state index contributed by atoms with van der Waals surface area (Å²) < 4.78 is 5.60. The highest BCUT2D eigenvalue weighted by Gasteiger charge is 2.39. The van der Waals surface area contributed by atoms with Gasteiger partial charge in [-0.2, -0.15) is 0 Å². The van der Waals surface area contributed by atoms with Crippen molar-refractivity contribution in [1.82, 2.24) is 10.2 Å². The van der Waals surface area contributed by atoms with Crippen molar-refractivity contribution in [2.75, 3.05) is 13.2 Å². The third-order valence-corrected chi connectivity index (χ3v) is 4.84. The van der Waals surface area contributed by atoms with E-state index in [1.807, 2.05) is 0 Å². The van der Waals surface area contributed by atoms with Gasteiger partial charge in [0, 0.05) is 31.3 Å². The normalized spacial score (nSPS) is 37.5. The maximum absolute atomic E-state index is 12.6. The number of carbonyl (C=O) groups is 1. The first kappa shape index (κ1) is 13.4. The Bertz CT molecular complexity index is 316. The summed E-state index contributed by atoms with van der Waals surface area (Å²) in [5, 5.41) is 3.66. The van der Waals surface area contributed by atoms with Crippen LogP contribution in [0, 0.1) is 0 Å². The molecule has 3 fully saturated rings. The second-order valence-corrected chi connectivity index (χ2v) is 6.30. The van der Waals surface area contributed by atoms with Crippen molar-refractivity contribution >= 4 is 5.91 Å². The van der Waals surface area contributed by atoms with Gasteiger partial charge in [0.05, 0.1) is 0 Å². The van der Waals surface area contributed by atoms with Gasteiger partial charge in [0.25, 0.3) is 5.91 Å². The van der Waals surface area contributed by atoms with Gasteiger partial charge < -0.3 is 15.0 Å². The van der Waals surface area contributed by atoms with Crippen LogP contribution in [0.15, 0.2) is 0 Å². The zero-order valence-electron chi connectivity index (χ0n) is 11.9. The van der Waals surface area contributed by atoms with Gasteiger partial charge in [-0.25, -0.2) is 0 Å². The second-order valence-electron chi connectivity index (χ2n) is 6.30. The van der Waals surface area contributed by atoms with Gasteiger partial charge in [0.1, 0.15) is 6.10 Å². The Hall–Kier alpha value is -0.610. The van der Waals surface area contributed by atoms with Crippen LogP contribution in [0.3, 0.4) is 0 Å². The van der Waals surface area contributed by atoms with Gasteiger partial charge in [-0.1, -0.05) is 6.92 Å². The molecule has 0 aliphatic carbocycles. The molecule has 3 rings (SSSR count). The van der Waals surface area contributed by atoms with Crippen molar-refractivity contribution in [3.8, 4) is 0 Å². The van der Waals surface area contributed by atoms with Gasteiger partial charge >= 0.3 is 0 Å². The lowest BCUT2D eigenvalue weighted by Gasteiger charge is -2.38. The molecule has 2 bridgehead atoms. The molecule has 0 aromatic carbocycles. The Morgan fingerprint density at radius 3 is 2.58 bits per heavy atom. The van der Waals surface area contributed by atoms with Crippen LogP contribution >= 0.6 is 0 Å². The van der Waals surface area contributed by atoms with Crippen molar-refractivity contribution < 1.29 is 9.53 Å². The highest BCUT2D eigenvalue weighted by molar-refractivity contribution is 5.81. The number of fused-ring (bicyclic) bond motifs is 2. The molecule has 4 heteroatoms. The third-order valence-electron chi connectivity index (χ3n) is 4.84. The molecule has 0 aromatic heterocycles. The average Bonchev–Trinajstić information content (AvgIpc) is 3.05. The predicted molar refractivity (Wildman–Crippen MR) is 73.9 cm³/mol. The van der Waals surface area contributed by atoms with Crippen LogP contribution < -0.4 is 5.32 Å². The van der Waals surface area contributed by atoms with Gasteiger partial charge in [0.15, 0.2) is 0 Å². The molecule has 0 saturated carbocycles. The molecule has 1 N–H and O–H groups in total. The number of nitrogens with zero attached hydrogens (tertiary/aromatic N) is 1. The minimum absolute atomic E-state index is 0.154. The topological polar surface area (TPSA) is 41.6 Å². The van der Waals surface area contributed by atoms with E-state index < -0.39 is 0 Å². The highest BCUT2D eigenvalue weighted by Crippen LogP contribution is 2.31. The Morgan fingerprint density at radius 1 is 1.26 bits per heavy atom. The summed E-state index contributed by atoms with van der Waals surface area (Å²) >= 11 is 0. The third kappa shape index (κ3) is 2.79. The Morgan fingerprint density at radius 2 is 2.00 bits per heavy atom. The fourth-order valence-electron chi connectivity index (χ4n) is 3.95. The van der Waals surface area contributed by atoms with E-state index in [1.54, 1.807) is 0 Å². The second kappa shape index (κ2) is 5.80. The summed E-state index contributed by atoms with van der Waals surface area (Å²) in [6.45, 7) is 3.81. The summed E-state index contributed by atoms with van der Waals surface area (Å²) in [7, 11) is 0. The molecule has 3 atom stereocenters. The maximum Gasteiger partial charge on any atom is 0.251 e. The number of ether oxygens (including phenoxy) is 1. The molecule has 3 aliphatic heterocycles. The first-order chi connectivity index (χ1) is 9.28. The molecule has 3 aliphatic rings. The maximum atomic E-state index is 12.6. The van der Waals surface area contributed by atoms with Crippen molar-refractivity contribution in [3.63, 3.8) is 0 Å². The summed E-state index contributed by atoms with van der Waals surface area (Å²) in [4.78, 5) is 14.8. The Kier molecular flexibility index (Phi) is 4.08. The van der Waals surface area contributed by atoms with E-state index in [2.05, 4.69) is 17.1 Å². The van der Waals surface area contributed by atoms with Crippen LogP contribution in [0.2, 0.25) is 0 Å². The number of rotatable bonds is 4. The summed E-state index contributed by atoms with van der Waals surface area (Å²) in [6.07, 6.45) is 7.68. The molecule has 0 aromatic rings. The Balaban J connectivity index is 1.67. The minimum atomic E-state index is -0.154. The first-order valence-electron chi connectivity index (χ1n) is 7.96. The number of nitrogens with one attached hydrogen (secondary N) is 1. The summed E-state index contributed by atoms with van der Waals surface area (Å²) in [5.74, 6) is 0.255. The minimum Gasteiger partial charge on any atom is -0.368 e. The molecule has 0 spiro atoms. The van der Waals surface area contributed by atoms with Crippen molar-refractivity contribution in [2.45, 2.75) is 76.1 Å². The smallest absolute Gasteiger partial charge is 0.251 e. The van der Waals surface area contributed by atoms with Crippen molar-refractivity contribution in [2.24, 2.45) is 0 Å². The molecule has 0 radical (unpaired) electrons. The average molecular weight is 266 g/mol. The van der Waals surface area contributed by atoms with Crippen LogP contribution in [0.5, 0.6) is 0 Å². The summed E-state index contributed by atoms with van der Waals surface area (Å²) in [6, 6.07) is 1.72. The predicted octanol–water partition coefficient (Wildman–Crippen LogP) is 1.69. The number of carbonyl (C=O) groups excluding carboxylic acids is 1. The summed E-state index contributed by atoms with van der Waals surface area (Å²) in [5.41, 5.74) is 0. The standard InChI is InChI=1S/C15H26N2O2/c1-2-7-17(15(18)14-4-3-8-19-14)13-9-11-5-6-12(10-13)16-11/h11-14,16H,2-10H2,1H3/t11?,12?,13?,14-/m1/s1. The molecule has 4 nitrogen and oxygen atoms in total. The van der Waals surface area contributed by atoms with E-state index in [4.69, 9.17) is 4.74 Å². The monoisotopic (exact) mass is 266 g/mol. The number of hydrogen-bond donors (Lipinski definition) is 1. The fourth-order valence-corrected chi connectivity index (χ4v) is 3.95. The lowest BCUT2D eigenvalue weighted by atomic mass is 9.97. The van der Waals surface area contributed by atoms with Crippen LogP contribution in [0.25, 0.3) is 0 Å². The number of hydrogen-bond acceptors (Lipinski definition) is 3. The lowest BCUT2D eigenvalue weighted by molar-refractivity contribution is -0.144. The number of piperidine rings is 1.